The van der Waals surface area contributed by atoms with Gasteiger partial charge >= 0.3 is 0 Å². The third-order valence-corrected chi connectivity index (χ3v) is 3.28. The van der Waals surface area contributed by atoms with Crippen LogP contribution in [0.4, 0.5) is 0 Å². The SMILES string of the molecule is CCNC(=O)[C@H](C)Sc1nnc(C2CC2)o1. The number of hydrogen-bond donors (Lipinski definition) is 1. The molecule has 1 saturated carbocycles. The van der Waals surface area contributed by atoms with Gasteiger partial charge in [-0.15, -0.1) is 10.2 Å². The number of thioether (sulfide) groups is 1. The molecule has 1 amide bonds. The molecule has 0 aliphatic heterocycles. The van der Waals surface area contributed by atoms with E-state index in [4.69, 9.17) is 4.42 Å². The van der Waals surface area contributed by atoms with Gasteiger partial charge in [-0.25, -0.2) is 0 Å². The third-order valence-electron chi connectivity index (χ3n) is 2.35. The van der Waals surface area contributed by atoms with Crippen molar-refractivity contribution in [1.29, 1.82) is 0 Å². The lowest BCUT2D eigenvalue weighted by Gasteiger charge is -2.07. The van der Waals surface area contributed by atoms with E-state index in [2.05, 4.69) is 15.5 Å². The Kier molecular flexibility index (Phi) is 3.48. The first-order valence-corrected chi connectivity index (χ1v) is 6.36. The van der Waals surface area contributed by atoms with Crippen molar-refractivity contribution in [2.24, 2.45) is 0 Å². The van der Waals surface area contributed by atoms with E-state index in [0.717, 1.165) is 12.8 Å². The van der Waals surface area contributed by atoms with Gasteiger partial charge in [0.15, 0.2) is 0 Å². The van der Waals surface area contributed by atoms with Gasteiger partial charge in [-0.3, -0.25) is 4.79 Å². The molecule has 6 heteroatoms. The van der Waals surface area contributed by atoms with Gasteiger partial charge < -0.3 is 9.73 Å². The van der Waals surface area contributed by atoms with Crippen LogP contribution in [0.3, 0.4) is 0 Å². The highest BCUT2D eigenvalue weighted by molar-refractivity contribution is 8.00. The van der Waals surface area contributed by atoms with Gasteiger partial charge in [0.2, 0.25) is 11.8 Å². The summed E-state index contributed by atoms with van der Waals surface area (Å²) in [5.74, 6) is 1.17. The third kappa shape index (κ3) is 2.75. The molecule has 16 heavy (non-hydrogen) atoms. The van der Waals surface area contributed by atoms with Crippen LogP contribution in [-0.4, -0.2) is 27.9 Å². The predicted molar refractivity (Wildman–Crippen MR) is 60.3 cm³/mol. The minimum Gasteiger partial charge on any atom is -0.416 e. The zero-order chi connectivity index (χ0) is 11.5. The number of carbonyl (C=O) groups is 1. The van der Waals surface area contributed by atoms with Crippen molar-refractivity contribution in [2.75, 3.05) is 6.54 Å². The van der Waals surface area contributed by atoms with Crippen molar-refractivity contribution in [3.05, 3.63) is 5.89 Å². The topological polar surface area (TPSA) is 68.0 Å². The van der Waals surface area contributed by atoms with Crippen LogP contribution in [0.5, 0.6) is 0 Å². The lowest BCUT2D eigenvalue weighted by Crippen LogP contribution is -2.30. The molecule has 1 fully saturated rings. The summed E-state index contributed by atoms with van der Waals surface area (Å²) < 4.78 is 5.47. The molecular formula is C10H15N3O2S. The van der Waals surface area contributed by atoms with E-state index in [9.17, 15) is 4.79 Å². The number of rotatable bonds is 5. The highest BCUT2D eigenvalue weighted by atomic mass is 32.2. The molecular weight excluding hydrogens is 226 g/mol. The van der Waals surface area contributed by atoms with Crippen molar-refractivity contribution in [2.45, 2.75) is 43.1 Å². The lowest BCUT2D eigenvalue weighted by atomic mass is 10.4. The van der Waals surface area contributed by atoms with Crippen molar-refractivity contribution < 1.29 is 9.21 Å². The van der Waals surface area contributed by atoms with Gasteiger partial charge in [-0.1, -0.05) is 11.8 Å². The first-order chi connectivity index (χ1) is 7.70. The second kappa shape index (κ2) is 4.86. The number of amides is 1. The monoisotopic (exact) mass is 241 g/mol. The smallest absolute Gasteiger partial charge is 0.277 e. The standard InChI is InChI=1S/C10H15N3O2S/c1-3-11-8(14)6(2)16-10-13-12-9(15-10)7-4-5-7/h6-7H,3-5H2,1-2H3,(H,11,14)/t6-/m0/s1. The van der Waals surface area contributed by atoms with E-state index >= 15 is 0 Å². The maximum Gasteiger partial charge on any atom is 0.277 e. The molecule has 0 aromatic carbocycles. The van der Waals surface area contributed by atoms with Gasteiger partial charge in [0.25, 0.3) is 5.22 Å². The highest BCUT2D eigenvalue weighted by Gasteiger charge is 2.30. The van der Waals surface area contributed by atoms with Gasteiger partial charge in [0.05, 0.1) is 5.25 Å². The summed E-state index contributed by atoms with van der Waals surface area (Å²) in [4.78, 5) is 11.5. The number of carbonyl (C=O) groups excluding carboxylic acids is 1. The summed E-state index contributed by atoms with van der Waals surface area (Å²) in [6, 6.07) is 0. The van der Waals surface area contributed by atoms with Crippen LogP contribution >= 0.6 is 11.8 Å². The Balaban J connectivity index is 1.89. The number of nitrogens with zero attached hydrogens (tertiary/aromatic N) is 2. The van der Waals surface area contributed by atoms with Gasteiger partial charge in [0, 0.05) is 12.5 Å². The maximum atomic E-state index is 11.5. The molecule has 0 spiro atoms. The fourth-order valence-electron chi connectivity index (χ4n) is 1.29. The van der Waals surface area contributed by atoms with E-state index in [1.54, 1.807) is 0 Å². The Bertz CT molecular complexity index is 376. The Morgan fingerprint density at radius 2 is 2.38 bits per heavy atom. The molecule has 1 N–H and O–H groups in total. The Morgan fingerprint density at radius 3 is 3.00 bits per heavy atom. The molecule has 1 heterocycles. The normalized spacial score (nSPS) is 17.1. The summed E-state index contributed by atoms with van der Waals surface area (Å²) in [5, 5.41) is 10.9. The zero-order valence-corrected chi connectivity index (χ0v) is 10.2. The molecule has 1 aliphatic rings. The lowest BCUT2D eigenvalue weighted by molar-refractivity contribution is -0.120. The van der Waals surface area contributed by atoms with Crippen LogP contribution in [0.15, 0.2) is 9.64 Å². The molecule has 0 saturated heterocycles. The van der Waals surface area contributed by atoms with Gasteiger partial charge in [-0.2, -0.15) is 0 Å². The maximum absolute atomic E-state index is 11.5. The summed E-state index contributed by atoms with van der Waals surface area (Å²) in [6.07, 6.45) is 2.27. The van der Waals surface area contributed by atoms with Crippen molar-refractivity contribution in [3.63, 3.8) is 0 Å². The largest absolute Gasteiger partial charge is 0.416 e. The van der Waals surface area contributed by atoms with E-state index in [1.807, 2.05) is 13.8 Å². The number of hydrogen-bond acceptors (Lipinski definition) is 5. The van der Waals surface area contributed by atoms with Crippen molar-refractivity contribution >= 4 is 17.7 Å². The van der Waals surface area contributed by atoms with Crippen LogP contribution in [0.25, 0.3) is 0 Å². The molecule has 0 radical (unpaired) electrons. The van der Waals surface area contributed by atoms with Crippen LogP contribution < -0.4 is 5.32 Å². The Morgan fingerprint density at radius 1 is 1.62 bits per heavy atom. The van der Waals surface area contributed by atoms with Gasteiger partial charge in [0.1, 0.15) is 0 Å². The average molecular weight is 241 g/mol. The molecule has 1 aromatic rings. The van der Waals surface area contributed by atoms with E-state index in [0.29, 0.717) is 23.6 Å². The van der Waals surface area contributed by atoms with Crippen LogP contribution in [0.1, 0.15) is 38.5 Å². The van der Waals surface area contributed by atoms with E-state index in [1.165, 1.54) is 11.8 Å². The first kappa shape index (κ1) is 11.4. The highest BCUT2D eigenvalue weighted by Crippen LogP contribution is 2.40. The van der Waals surface area contributed by atoms with Gasteiger partial charge in [-0.05, 0) is 26.7 Å². The average Bonchev–Trinajstić information content (AvgIpc) is 3.01. The van der Waals surface area contributed by atoms with Crippen LogP contribution in [-0.2, 0) is 4.79 Å². The number of aromatic nitrogens is 2. The number of nitrogens with one attached hydrogen (secondary N) is 1. The molecule has 1 aromatic heterocycles. The molecule has 88 valence electrons. The Hall–Kier alpha value is -1.04. The minimum atomic E-state index is -0.201. The molecule has 1 atom stereocenters. The quantitative estimate of drug-likeness (QED) is 0.792. The van der Waals surface area contributed by atoms with Crippen molar-refractivity contribution in [1.82, 2.24) is 15.5 Å². The van der Waals surface area contributed by atoms with E-state index < -0.39 is 0 Å². The second-order valence-corrected chi connectivity index (χ2v) is 5.13. The van der Waals surface area contributed by atoms with Crippen LogP contribution in [0, 0.1) is 0 Å². The molecule has 1 aliphatic carbocycles. The fraction of sp³-hybridized carbons (Fsp3) is 0.700. The second-order valence-electron chi connectivity index (χ2n) is 3.84. The molecule has 2 rings (SSSR count). The zero-order valence-electron chi connectivity index (χ0n) is 9.40. The molecule has 0 unspecified atom stereocenters. The predicted octanol–water partition coefficient (Wildman–Crippen LogP) is 1.56. The summed E-state index contributed by atoms with van der Waals surface area (Å²) in [6.45, 7) is 4.37. The summed E-state index contributed by atoms with van der Waals surface area (Å²) in [7, 11) is 0. The molecule has 0 bridgehead atoms. The van der Waals surface area contributed by atoms with Crippen LogP contribution in [0.2, 0.25) is 0 Å². The first-order valence-electron chi connectivity index (χ1n) is 5.48. The molecule has 5 nitrogen and oxygen atoms in total. The summed E-state index contributed by atoms with van der Waals surface area (Å²) >= 11 is 1.31. The Labute approximate surface area is 98.4 Å². The van der Waals surface area contributed by atoms with E-state index in [-0.39, 0.29) is 11.2 Å². The fourth-order valence-corrected chi connectivity index (χ4v) is 2.00. The minimum absolute atomic E-state index is 0.00123. The van der Waals surface area contributed by atoms with Crippen molar-refractivity contribution in [3.8, 4) is 0 Å². The summed E-state index contributed by atoms with van der Waals surface area (Å²) in [5.41, 5.74) is 0.